The van der Waals surface area contributed by atoms with Crippen LogP contribution in [0.15, 0.2) is 12.2 Å². The van der Waals surface area contributed by atoms with Crippen molar-refractivity contribution >= 4 is 0 Å². The van der Waals surface area contributed by atoms with Gasteiger partial charge in [-0.3, -0.25) is 0 Å². The van der Waals surface area contributed by atoms with E-state index >= 15 is 0 Å². The van der Waals surface area contributed by atoms with Crippen molar-refractivity contribution in [2.24, 2.45) is 17.8 Å². The molecule has 0 spiro atoms. The number of rotatable bonds is 2. The molecule has 0 saturated heterocycles. The fourth-order valence-corrected chi connectivity index (χ4v) is 2.40. The highest BCUT2D eigenvalue weighted by Crippen LogP contribution is 2.45. The van der Waals surface area contributed by atoms with E-state index in [1.54, 1.807) is 0 Å². The van der Waals surface area contributed by atoms with Gasteiger partial charge in [-0.2, -0.15) is 0 Å². The molecule has 4 unspecified atom stereocenters. The monoisotopic (exact) mass is 174 g/mol. The van der Waals surface area contributed by atoms with E-state index in [4.69, 9.17) is 5.11 Å². The van der Waals surface area contributed by atoms with Crippen molar-refractivity contribution in [2.45, 2.75) is 25.4 Å². The predicted molar refractivity (Wildman–Crippen MR) is 40.9 cm³/mol. The molecule has 0 radical (unpaired) electrons. The summed E-state index contributed by atoms with van der Waals surface area (Å²) in [5.74, 6) is 0.465. The first-order valence-corrected chi connectivity index (χ1v) is 4.33. The van der Waals surface area contributed by atoms with Crippen molar-refractivity contribution in [3.8, 4) is 0 Å². The summed E-state index contributed by atoms with van der Waals surface area (Å²) in [5, 5.41) is 9.16. The van der Waals surface area contributed by atoms with Gasteiger partial charge in [-0.1, -0.05) is 12.2 Å². The van der Waals surface area contributed by atoms with Gasteiger partial charge in [0.1, 0.15) is 6.10 Å². The minimum Gasteiger partial charge on any atom is -0.387 e. The van der Waals surface area contributed by atoms with Crippen LogP contribution in [0, 0.1) is 17.8 Å². The number of allylic oxidation sites excluding steroid dienone is 2. The molecule has 2 rings (SSSR count). The van der Waals surface area contributed by atoms with Gasteiger partial charge in [0, 0.05) is 0 Å². The molecule has 1 fully saturated rings. The Labute approximate surface area is 70.1 Å². The fourth-order valence-electron chi connectivity index (χ4n) is 2.40. The van der Waals surface area contributed by atoms with E-state index in [9.17, 15) is 8.78 Å². The third-order valence-corrected chi connectivity index (χ3v) is 3.03. The van der Waals surface area contributed by atoms with Crippen molar-refractivity contribution in [3.05, 3.63) is 12.2 Å². The fraction of sp³-hybridized carbons (Fsp3) is 0.778. The van der Waals surface area contributed by atoms with E-state index < -0.39 is 12.5 Å². The van der Waals surface area contributed by atoms with Gasteiger partial charge in [0.2, 0.25) is 0 Å². The molecule has 1 saturated carbocycles. The molecule has 0 aromatic rings. The number of alkyl halides is 2. The molecule has 4 atom stereocenters. The van der Waals surface area contributed by atoms with Crippen LogP contribution < -0.4 is 0 Å². The second kappa shape index (κ2) is 2.80. The lowest BCUT2D eigenvalue weighted by molar-refractivity contribution is -0.0448. The predicted octanol–water partition coefficient (Wildman–Crippen LogP) is 1.82. The molecule has 0 aromatic carbocycles. The summed E-state index contributed by atoms with van der Waals surface area (Å²) in [5.41, 5.74) is 0. The first-order valence-electron chi connectivity index (χ1n) is 4.33. The zero-order chi connectivity index (χ0) is 8.72. The summed E-state index contributed by atoms with van der Waals surface area (Å²) in [7, 11) is 0. The van der Waals surface area contributed by atoms with Gasteiger partial charge >= 0.3 is 0 Å². The smallest absolute Gasteiger partial charge is 0.264 e. The van der Waals surface area contributed by atoms with Crippen LogP contribution in [0.4, 0.5) is 8.78 Å². The van der Waals surface area contributed by atoms with Crippen LogP contribution in [-0.2, 0) is 0 Å². The summed E-state index contributed by atoms with van der Waals surface area (Å²) in [4.78, 5) is 0. The van der Waals surface area contributed by atoms with Crippen LogP contribution in [0.2, 0.25) is 0 Å². The molecular formula is C9H12F2O. The number of hydrogen-bond donors (Lipinski definition) is 1. The average Bonchev–Trinajstić information content (AvgIpc) is 2.62. The second-order valence-electron chi connectivity index (χ2n) is 3.77. The number of hydrogen-bond acceptors (Lipinski definition) is 1. The van der Waals surface area contributed by atoms with Crippen LogP contribution >= 0.6 is 0 Å². The van der Waals surface area contributed by atoms with Crippen LogP contribution in [0.1, 0.15) is 12.8 Å². The highest BCUT2D eigenvalue weighted by atomic mass is 19.3. The minimum atomic E-state index is -2.58. The van der Waals surface area contributed by atoms with Gasteiger partial charge in [-0.25, -0.2) is 8.78 Å². The third-order valence-electron chi connectivity index (χ3n) is 3.03. The molecule has 2 bridgehead atoms. The summed E-state index contributed by atoms with van der Waals surface area (Å²) < 4.78 is 24.3. The SMILES string of the molecule is OC(C(F)F)C1CC2C=CC1C2. The van der Waals surface area contributed by atoms with Crippen LogP contribution in [0.3, 0.4) is 0 Å². The number of aliphatic hydroxyl groups is 1. The van der Waals surface area contributed by atoms with E-state index in [-0.39, 0.29) is 11.8 Å². The second-order valence-corrected chi connectivity index (χ2v) is 3.77. The maximum absolute atomic E-state index is 12.1. The summed E-state index contributed by atoms with van der Waals surface area (Å²) in [6.45, 7) is 0. The standard InChI is InChI=1S/C9H12F2O/c10-9(11)8(12)7-4-5-1-2-6(7)3-5/h1-2,5-9,12H,3-4H2. The Hall–Kier alpha value is -0.440. The van der Waals surface area contributed by atoms with E-state index in [2.05, 4.69) is 6.08 Å². The largest absolute Gasteiger partial charge is 0.387 e. The maximum atomic E-state index is 12.1. The maximum Gasteiger partial charge on any atom is 0.264 e. The Bertz CT molecular complexity index is 203. The van der Waals surface area contributed by atoms with E-state index in [1.165, 1.54) is 0 Å². The summed E-state index contributed by atoms with van der Waals surface area (Å²) >= 11 is 0. The van der Waals surface area contributed by atoms with Crippen LogP contribution in [-0.4, -0.2) is 17.6 Å². The van der Waals surface area contributed by atoms with E-state index in [1.807, 2.05) is 6.08 Å². The molecule has 1 nitrogen and oxygen atoms in total. The quantitative estimate of drug-likeness (QED) is 0.633. The van der Waals surface area contributed by atoms with E-state index in [0.717, 1.165) is 12.8 Å². The Kier molecular flexibility index (Phi) is 1.91. The zero-order valence-electron chi connectivity index (χ0n) is 6.66. The number of halogens is 2. The van der Waals surface area contributed by atoms with Crippen molar-refractivity contribution in [2.75, 3.05) is 0 Å². The number of aliphatic hydroxyl groups excluding tert-OH is 1. The molecule has 2 aliphatic rings. The molecule has 12 heavy (non-hydrogen) atoms. The van der Waals surface area contributed by atoms with Crippen molar-refractivity contribution in [1.82, 2.24) is 0 Å². The minimum absolute atomic E-state index is 0.194. The lowest BCUT2D eigenvalue weighted by Gasteiger charge is -2.23. The first-order chi connectivity index (χ1) is 5.68. The summed E-state index contributed by atoms with van der Waals surface area (Å²) in [6, 6.07) is 0. The highest BCUT2D eigenvalue weighted by Gasteiger charge is 2.42. The van der Waals surface area contributed by atoms with Gasteiger partial charge in [-0.15, -0.1) is 0 Å². The zero-order valence-corrected chi connectivity index (χ0v) is 6.66. The van der Waals surface area contributed by atoms with Gasteiger partial charge in [0.05, 0.1) is 0 Å². The van der Waals surface area contributed by atoms with Crippen molar-refractivity contribution in [1.29, 1.82) is 0 Å². The van der Waals surface area contributed by atoms with Crippen molar-refractivity contribution in [3.63, 3.8) is 0 Å². The summed E-state index contributed by atoms with van der Waals surface area (Å²) in [6.07, 6.45) is 1.78. The van der Waals surface area contributed by atoms with Gasteiger partial charge in [0.15, 0.2) is 0 Å². The average molecular weight is 174 g/mol. The third kappa shape index (κ3) is 1.16. The van der Waals surface area contributed by atoms with Gasteiger partial charge in [0.25, 0.3) is 6.43 Å². The molecule has 0 heterocycles. The van der Waals surface area contributed by atoms with Crippen LogP contribution in [0.5, 0.6) is 0 Å². The Morgan fingerprint density at radius 2 is 2.00 bits per heavy atom. The molecule has 68 valence electrons. The molecule has 2 aliphatic carbocycles. The van der Waals surface area contributed by atoms with Crippen molar-refractivity contribution < 1.29 is 13.9 Å². The normalized spacial score (nSPS) is 41.2. The Morgan fingerprint density at radius 3 is 2.42 bits per heavy atom. The molecule has 0 aromatic heterocycles. The molecule has 1 N–H and O–H groups in total. The number of fused-ring (bicyclic) bond motifs is 2. The molecule has 0 amide bonds. The van der Waals surface area contributed by atoms with Gasteiger partial charge in [-0.05, 0) is 30.6 Å². The molecule has 3 heteroatoms. The molecular weight excluding hydrogens is 162 g/mol. The topological polar surface area (TPSA) is 20.2 Å². The van der Waals surface area contributed by atoms with E-state index in [0.29, 0.717) is 5.92 Å². The molecule has 0 aliphatic heterocycles. The Morgan fingerprint density at radius 1 is 1.25 bits per heavy atom. The Balaban J connectivity index is 2.03. The van der Waals surface area contributed by atoms with Crippen LogP contribution in [0.25, 0.3) is 0 Å². The van der Waals surface area contributed by atoms with Gasteiger partial charge < -0.3 is 5.11 Å². The lowest BCUT2D eigenvalue weighted by Crippen LogP contribution is -2.30. The highest BCUT2D eigenvalue weighted by molar-refractivity contribution is 5.11. The lowest BCUT2D eigenvalue weighted by atomic mass is 9.89. The first kappa shape index (κ1) is 8.17.